The maximum atomic E-state index is 11.3. The first-order chi connectivity index (χ1) is 10.6. The number of ether oxygens (including phenoxy) is 4. The molecule has 0 bridgehead atoms. The molecule has 0 saturated carbocycles. The lowest BCUT2D eigenvalue weighted by atomic mass is 10.3. The second-order valence-electron chi connectivity index (χ2n) is 3.96. The minimum absolute atomic E-state index is 0.140. The Morgan fingerprint density at radius 1 is 0.727 bits per heavy atom. The first-order valence-corrected chi connectivity index (χ1v) is 6.62. The maximum absolute atomic E-state index is 11.3. The monoisotopic (exact) mass is 310 g/mol. The first kappa shape index (κ1) is 19.8. The van der Waals surface area contributed by atoms with Crippen LogP contribution < -0.4 is 0 Å². The van der Waals surface area contributed by atoms with Crippen LogP contribution in [0.1, 0.15) is 0 Å². The van der Waals surface area contributed by atoms with E-state index in [2.05, 4.69) is 26.3 Å². The van der Waals surface area contributed by atoms with E-state index in [1.54, 1.807) is 0 Å². The van der Waals surface area contributed by atoms with Crippen LogP contribution in [-0.2, 0) is 28.5 Å². The average Bonchev–Trinajstić information content (AvgIpc) is 2.53. The molecule has 6 heteroatoms. The van der Waals surface area contributed by atoms with Crippen LogP contribution in [0, 0.1) is 0 Å². The summed E-state index contributed by atoms with van der Waals surface area (Å²) in [5, 5.41) is 0. The number of carbonyl (C=O) groups excluding carboxylic acids is 2. The fraction of sp³-hybridized carbons (Fsp3) is 0.375. The Balaban J connectivity index is 3.65. The van der Waals surface area contributed by atoms with Crippen molar-refractivity contribution >= 4 is 11.9 Å². The summed E-state index contributed by atoms with van der Waals surface area (Å²) < 4.78 is 19.9. The van der Waals surface area contributed by atoms with Gasteiger partial charge in [-0.1, -0.05) is 26.3 Å². The van der Waals surface area contributed by atoms with Crippen LogP contribution >= 0.6 is 0 Å². The molecule has 0 aliphatic heterocycles. The number of esters is 2. The molecular formula is C16H22O6. The molecule has 0 unspecified atom stereocenters. The Morgan fingerprint density at radius 3 is 1.32 bits per heavy atom. The molecule has 0 aliphatic carbocycles. The lowest BCUT2D eigenvalue weighted by Crippen LogP contribution is -2.21. The van der Waals surface area contributed by atoms with E-state index < -0.39 is 24.1 Å². The highest BCUT2D eigenvalue weighted by molar-refractivity contribution is 5.71. The van der Waals surface area contributed by atoms with Gasteiger partial charge in [0.15, 0.2) is 0 Å². The van der Waals surface area contributed by atoms with Crippen LogP contribution in [-0.4, -0.2) is 50.6 Å². The second-order valence-corrected chi connectivity index (χ2v) is 3.96. The summed E-state index contributed by atoms with van der Waals surface area (Å²) >= 11 is 0. The van der Waals surface area contributed by atoms with Crippen molar-refractivity contribution < 1.29 is 28.5 Å². The van der Waals surface area contributed by atoms with Crippen molar-refractivity contribution in [3.05, 3.63) is 50.6 Å². The lowest BCUT2D eigenvalue weighted by Gasteiger charge is -2.11. The zero-order chi connectivity index (χ0) is 16.8. The Bertz CT molecular complexity index is 347. The molecule has 0 amide bonds. The molecule has 0 radical (unpaired) electrons. The van der Waals surface area contributed by atoms with Gasteiger partial charge in [0.1, 0.15) is 25.4 Å². The SMILES string of the molecule is C=CC(C=C)OC(=O)COCCOCC(=O)OC(C=C)C=C. The molecule has 22 heavy (non-hydrogen) atoms. The van der Waals surface area contributed by atoms with E-state index in [0.29, 0.717) is 0 Å². The predicted molar refractivity (Wildman–Crippen MR) is 82.2 cm³/mol. The molecule has 0 N–H and O–H groups in total. The molecule has 0 heterocycles. The molecule has 0 fully saturated rings. The van der Waals surface area contributed by atoms with Crippen LogP contribution in [0.2, 0.25) is 0 Å². The average molecular weight is 310 g/mol. The van der Waals surface area contributed by atoms with Crippen molar-refractivity contribution in [3.63, 3.8) is 0 Å². The molecule has 0 aromatic carbocycles. The van der Waals surface area contributed by atoms with Gasteiger partial charge in [0.2, 0.25) is 0 Å². The Kier molecular flexibility index (Phi) is 11.3. The van der Waals surface area contributed by atoms with Gasteiger partial charge in [-0.15, -0.1) is 0 Å². The fourth-order valence-corrected chi connectivity index (χ4v) is 1.19. The third kappa shape index (κ3) is 9.68. The molecule has 0 aliphatic rings. The van der Waals surface area contributed by atoms with Gasteiger partial charge in [-0.2, -0.15) is 0 Å². The quantitative estimate of drug-likeness (QED) is 0.292. The molecule has 0 spiro atoms. The van der Waals surface area contributed by atoms with E-state index >= 15 is 0 Å². The van der Waals surface area contributed by atoms with Gasteiger partial charge in [0, 0.05) is 0 Å². The van der Waals surface area contributed by atoms with Gasteiger partial charge in [-0.3, -0.25) is 0 Å². The van der Waals surface area contributed by atoms with Gasteiger partial charge in [0.25, 0.3) is 0 Å². The summed E-state index contributed by atoms with van der Waals surface area (Å²) in [6.07, 6.45) is 4.70. The molecule has 0 atom stereocenters. The number of hydrogen-bond acceptors (Lipinski definition) is 6. The summed E-state index contributed by atoms with van der Waals surface area (Å²) in [6, 6.07) is 0. The summed E-state index contributed by atoms with van der Waals surface area (Å²) in [7, 11) is 0. The van der Waals surface area contributed by atoms with Crippen LogP contribution in [0.3, 0.4) is 0 Å². The highest BCUT2D eigenvalue weighted by Crippen LogP contribution is 1.97. The van der Waals surface area contributed by atoms with E-state index in [9.17, 15) is 9.59 Å². The van der Waals surface area contributed by atoms with Crippen LogP contribution in [0.25, 0.3) is 0 Å². The minimum atomic E-state index is -0.538. The summed E-state index contributed by atoms with van der Waals surface area (Å²) in [6.45, 7) is 13.8. The van der Waals surface area contributed by atoms with Crippen molar-refractivity contribution in [1.82, 2.24) is 0 Å². The van der Waals surface area contributed by atoms with Crippen molar-refractivity contribution in [2.45, 2.75) is 12.2 Å². The molecule has 0 rings (SSSR count). The normalized spacial score (nSPS) is 10.1. The van der Waals surface area contributed by atoms with Crippen molar-refractivity contribution in [2.75, 3.05) is 26.4 Å². The standard InChI is InChI=1S/C16H22O6/c1-5-13(6-2)21-15(17)11-19-9-10-20-12-16(18)22-14(7-3)8-4/h5-8,13-14H,1-4,9-12H2. The van der Waals surface area contributed by atoms with Gasteiger partial charge < -0.3 is 18.9 Å². The van der Waals surface area contributed by atoms with Gasteiger partial charge in [0.05, 0.1) is 13.2 Å². The zero-order valence-electron chi connectivity index (χ0n) is 12.6. The largest absolute Gasteiger partial charge is 0.452 e. The second kappa shape index (κ2) is 12.6. The Morgan fingerprint density at radius 2 is 1.05 bits per heavy atom. The number of rotatable bonds is 13. The van der Waals surface area contributed by atoms with E-state index in [-0.39, 0.29) is 26.4 Å². The Labute approximate surface area is 130 Å². The van der Waals surface area contributed by atoms with E-state index in [1.807, 2.05) is 0 Å². The van der Waals surface area contributed by atoms with Gasteiger partial charge in [-0.05, 0) is 24.3 Å². The molecule has 122 valence electrons. The van der Waals surface area contributed by atoms with Gasteiger partial charge in [-0.25, -0.2) is 9.59 Å². The molecule has 0 aromatic heterocycles. The van der Waals surface area contributed by atoms with Crippen LogP contribution in [0.5, 0.6) is 0 Å². The van der Waals surface area contributed by atoms with Crippen LogP contribution in [0.4, 0.5) is 0 Å². The molecule has 0 saturated heterocycles. The third-order valence-corrected chi connectivity index (χ3v) is 2.28. The van der Waals surface area contributed by atoms with E-state index in [1.165, 1.54) is 24.3 Å². The van der Waals surface area contributed by atoms with Crippen molar-refractivity contribution in [1.29, 1.82) is 0 Å². The first-order valence-electron chi connectivity index (χ1n) is 6.62. The topological polar surface area (TPSA) is 71.1 Å². The van der Waals surface area contributed by atoms with Gasteiger partial charge >= 0.3 is 11.9 Å². The fourth-order valence-electron chi connectivity index (χ4n) is 1.19. The summed E-state index contributed by atoms with van der Waals surface area (Å²) in [5.74, 6) is -1.08. The highest BCUT2D eigenvalue weighted by Gasteiger charge is 2.09. The minimum Gasteiger partial charge on any atom is -0.452 e. The molecular weight excluding hydrogens is 288 g/mol. The molecule has 0 aromatic rings. The zero-order valence-corrected chi connectivity index (χ0v) is 12.6. The summed E-state index contributed by atoms with van der Waals surface area (Å²) in [4.78, 5) is 22.6. The van der Waals surface area contributed by atoms with Crippen molar-refractivity contribution in [2.24, 2.45) is 0 Å². The number of carbonyl (C=O) groups is 2. The Hall–Kier alpha value is -2.18. The van der Waals surface area contributed by atoms with E-state index in [0.717, 1.165) is 0 Å². The van der Waals surface area contributed by atoms with Crippen molar-refractivity contribution in [3.8, 4) is 0 Å². The predicted octanol–water partition coefficient (Wildman–Crippen LogP) is 1.59. The number of hydrogen-bond donors (Lipinski definition) is 0. The lowest BCUT2D eigenvalue weighted by molar-refractivity contribution is -0.154. The van der Waals surface area contributed by atoms with E-state index in [4.69, 9.17) is 18.9 Å². The highest BCUT2D eigenvalue weighted by atomic mass is 16.6. The smallest absolute Gasteiger partial charge is 0.332 e. The summed E-state index contributed by atoms with van der Waals surface area (Å²) in [5.41, 5.74) is 0. The maximum Gasteiger partial charge on any atom is 0.332 e. The van der Waals surface area contributed by atoms with Crippen LogP contribution in [0.15, 0.2) is 50.6 Å². The third-order valence-electron chi connectivity index (χ3n) is 2.28. The molecule has 6 nitrogen and oxygen atoms in total.